The number of piperidine rings is 1. The van der Waals surface area contributed by atoms with Crippen LogP contribution in [-0.4, -0.2) is 37.2 Å². The highest BCUT2D eigenvalue weighted by molar-refractivity contribution is 5.37. The van der Waals surface area contributed by atoms with Gasteiger partial charge in [-0.1, -0.05) is 78.9 Å². The minimum absolute atomic E-state index is 0.368. The summed E-state index contributed by atoms with van der Waals surface area (Å²) >= 11 is 0. The number of methoxy groups -OCH3 is 1. The number of benzene rings is 3. The molecule has 0 saturated carbocycles. The number of nitrogens with one attached hydrogen (secondary N) is 1. The van der Waals surface area contributed by atoms with E-state index in [9.17, 15) is 0 Å². The highest BCUT2D eigenvalue weighted by atomic mass is 16.5. The summed E-state index contributed by atoms with van der Waals surface area (Å²) in [6.07, 6.45) is 1.29. The van der Waals surface area contributed by atoms with Gasteiger partial charge in [0.05, 0.1) is 7.11 Å². The molecule has 0 radical (unpaired) electrons. The Kier molecular flexibility index (Phi) is 5.56. The molecule has 3 aromatic carbocycles. The van der Waals surface area contributed by atoms with Gasteiger partial charge in [-0.2, -0.15) is 0 Å². The predicted molar refractivity (Wildman–Crippen MR) is 122 cm³/mol. The third-order valence-electron chi connectivity index (χ3n) is 6.93. The zero-order chi connectivity index (χ0) is 20.3. The Morgan fingerprint density at radius 1 is 0.900 bits per heavy atom. The average molecular weight is 399 g/mol. The summed E-state index contributed by atoms with van der Waals surface area (Å²) in [4.78, 5) is 2.72. The van der Waals surface area contributed by atoms with Crippen LogP contribution < -0.4 is 10.1 Å². The van der Waals surface area contributed by atoms with Gasteiger partial charge >= 0.3 is 0 Å². The van der Waals surface area contributed by atoms with Crippen molar-refractivity contribution >= 4 is 0 Å². The Labute approximate surface area is 179 Å². The quantitative estimate of drug-likeness (QED) is 0.625. The molecule has 0 spiro atoms. The van der Waals surface area contributed by atoms with Crippen molar-refractivity contribution in [3.63, 3.8) is 0 Å². The molecule has 0 amide bonds. The normalized spacial score (nSPS) is 25.0. The van der Waals surface area contributed by atoms with Crippen LogP contribution in [0.2, 0.25) is 0 Å². The predicted octanol–water partition coefficient (Wildman–Crippen LogP) is 4.69. The van der Waals surface area contributed by atoms with E-state index in [1.54, 1.807) is 7.11 Å². The summed E-state index contributed by atoms with van der Waals surface area (Å²) in [5.74, 6) is 2.04. The molecule has 5 rings (SSSR count). The molecule has 1 N–H and O–H groups in total. The number of hydrogen-bond donors (Lipinski definition) is 1. The topological polar surface area (TPSA) is 24.5 Å². The van der Waals surface area contributed by atoms with Crippen LogP contribution in [-0.2, 0) is 6.54 Å². The minimum Gasteiger partial charge on any atom is -0.496 e. The Morgan fingerprint density at radius 3 is 2.20 bits per heavy atom. The molecule has 4 atom stereocenters. The number of rotatable bonds is 7. The van der Waals surface area contributed by atoms with Gasteiger partial charge in [-0.05, 0) is 36.1 Å². The van der Waals surface area contributed by atoms with E-state index in [1.807, 2.05) is 6.07 Å². The molecular weight excluding hydrogens is 368 g/mol. The van der Waals surface area contributed by atoms with Crippen LogP contribution >= 0.6 is 0 Å². The van der Waals surface area contributed by atoms with Crippen LogP contribution in [0.25, 0.3) is 0 Å². The fourth-order valence-electron chi connectivity index (χ4n) is 5.58. The van der Waals surface area contributed by atoms with Crippen LogP contribution in [0, 0.1) is 5.92 Å². The van der Waals surface area contributed by atoms with Crippen molar-refractivity contribution in [3.05, 3.63) is 102 Å². The molecule has 3 nitrogen and oxygen atoms in total. The van der Waals surface area contributed by atoms with E-state index in [-0.39, 0.29) is 0 Å². The van der Waals surface area contributed by atoms with Gasteiger partial charge in [0.1, 0.15) is 5.75 Å². The number of nitrogens with zero attached hydrogens (tertiary/aromatic N) is 1. The minimum atomic E-state index is 0.368. The summed E-state index contributed by atoms with van der Waals surface area (Å²) in [7, 11) is 1.76. The van der Waals surface area contributed by atoms with Gasteiger partial charge in [-0.3, -0.25) is 4.90 Å². The molecule has 154 valence electrons. The second-order valence-corrected chi connectivity index (χ2v) is 8.55. The molecule has 2 heterocycles. The highest BCUT2D eigenvalue weighted by Gasteiger charge is 2.49. The molecule has 3 heteroatoms. The first-order valence-electron chi connectivity index (χ1n) is 11.0. The van der Waals surface area contributed by atoms with Crippen LogP contribution in [0.4, 0.5) is 0 Å². The fraction of sp³-hybridized carbons (Fsp3) is 0.333. The maximum Gasteiger partial charge on any atom is 0.123 e. The number of para-hydroxylation sites is 1. The molecule has 30 heavy (non-hydrogen) atoms. The lowest BCUT2D eigenvalue weighted by atomic mass is 9.78. The van der Waals surface area contributed by atoms with Crippen molar-refractivity contribution in [3.8, 4) is 5.75 Å². The lowest BCUT2D eigenvalue weighted by molar-refractivity contribution is 0.197. The van der Waals surface area contributed by atoms with Gasteiger partial charge in [0.2, 0.25) is 0 Å². The second-order valence-electron chi connectivity index (χ2n) is 8.55. The van der Waals surface area contributed by atoms with Gasteiger partial charge in [0.25, 0.3) is 0 Å². The molecule has 3 aromatic rings. The fourth-order valence-corrected chi connectivity index (χ4v) is 5.58. The van der Waals surface area contributed by atoms with Crippen LogP contribution in [0.1, 0.15) is 29.0 Å². The molecule has 2 bridgehead atoms. The van der Waals surface area contributed by atoms with Crippen LogP contribution in [0.15, 0.2) is 84.9 Å². The van der Waals surface area contributed by atoms with Gasteiger partial charge < -0.3 is 10.1 Å². The van der Waals surface area contributed by atoms with Gasteiger partial charge in [0, 0.05) is 36.7 Å². The number of ether oxygens (including phenoxy) is 1. The van der Waals surface area contributed by atoms with E-state index in [0.717, 1.165) is 12.3 Å². The first kappa shape index (κ1) is 19.3. The summed E-state index contributed by atoms with van der Waals surface area (Å²) in [5.41, 5.74) is 4.04. The van der Waals surface area contributed by atoms with E-state index in [0.29, 0.717) is 23.9 Å². The van der Waals surface area contributed by atoms with E-state index in [4.69, 9.17) is 4.74 Å². The number of hydrogen-bond acceptors (Lipinski definition) is 3. The van der Waals surface area contributed by atoms with Crippen molar-refractivity contribution in [2.45, 2.75) is 31.0 Å². The third-order valence-corrected chi connectivity index (χ3v) is 6.93. The Balaban J connectivity index is 1.47. The van der Waals surface area contributed by atoms with E-state index >= 15 is 0 Å². The molecule has 1 unspecified atom stereocenters. The third kappa shape index (κ3) is 3.64. The Morgan fingerprint density at radius 2 is 1.53 bits per heavy atom. The summed E-state index contributed by atoms with van der Waals surface area (Å²) < 4.78 is 5.58. The Hall–Kier alpha value is -2.62. The van der Waals surface area contributed by atoms with Crippen molar-refractivity contribution in [1.29, 1.82) is 0 Å². The largest absolute Gasteiger partial charge is 0.496 e. The van der Waals surface area contributed by atoms with E-state index < -0.39 is 0 Å². The monoisotopic (exact) mass is 398 g/mol. The first-order valence-corrected chi connectivity index (χ1v) is 11.0. The lowest BCUT2D eigenvalue weighted by Crippen LogP contribution is -2.50. The van der Waals surface area contributed by atoms with Gasteiger partial charge in [-0.15, -0.1) is 0 Å². The first-order chi connectivity index (χ1) is 14.8. The van der Waals surface area contributed by atoms with E-state index in [1.165, 1.54) is 36.2 Å². The Bertz CT molecular complexity index is 919. The SMILES string of the molecule is COc1ccccc1CN[C@@H]1[C@H]2CCN(C2)[C@@H]1C(c1ccccc1)c1ccccc1. The van der Waals surface area contributed by atoms with Crippen molar-refractivity contribution < 1.29 is 4.74 Å². The van der Waals surface area contributed by atoms with E-state index in [2.05, 4.69) is 89.1 Å². The van der Waals surface area contributed by atoms with Crippen molar-refractivity contribution in [2.24, 2.45) is 5.92 Å². The zero-order valence-corrected chi connectivity index (χ0v) is 17.6. The molecule has 0 aromatic heterocycles. The molecule has 2 aliphatic heterocycles. The van der Waals surface area contributed by atoms with Crippen molar-refractivity contribution in [1.82, 2.24) is 10.2 Å². The smallest absolute Gasteiger partial charge is 0.123 e. The molecule has 2 fully saturated rings. The standard InChI is InChI=1S/C27H30N2O/c1-30-24-15-9-8-14-22(24)18-28-26-23-16-17-29(19-23)27(26)25(20-10-4-2-5-11-20)21-12-6-3-7-13-21/h2-15,23,25-28H,16-19H2,1H3/t23-,26+,27+/m0/s1. The zero-order valence-electron chi connectivity index (χ0n) is 17.6. The number of fused-ring (bicyclic) bond motifs is 2. The molecule has 0 aliphatic carbocycles. The molecular formula is C27H30N2O. The van der Waals surface area contributed by atoms with Crippen LogP contribution in [0.5, 0.6) is 5.75 Å². The average Bonchev–Trinajstić information content (AvgIpc) is 3.42. The second kappa shape index (κ2) is 8.63. The summed E-state index contributed by atoms with van der Waals surface area (Å²) in [5, 5.41) is 3.95. The lowest BCUT2D eigenvalue weighted by Gasteiger charge is -2.39. The molecule has 2 aliphatic rings. The maximum absolute atomic E-state index is 5.58. The van der Waals surface area contributed by atoms with Crippen molar-refractivity contribution in [2.75, 3.05) is 20.2 Å². The molecule has 2 saturated heterocycles. The maximum atomic E-state index is 5.58. The summed E-state index contributed by atoms with van der Waals surface area (Å²) in [6, 6.07) is 31.4. The highest BCUT2D eigenvalue weighted by Crippen LogP contribution is 2.43. The van der Waals surface area contributed by atoms with Gasteiger partial charge in [-0.25, -0.2) is 0 Å². The summed E-state index contributed by atoms with van der Waals surface area (Å²) in [6.45, 7) is 3.24. The van der Waals surface area contributed by atoms with Crippen LogP contribution in [0.3, 0.4) is 0 Å². The van der Waals surface area contributed by atoms with Gasteiger partial charge in [0.15, 0.2) is 0 Å².